The van der Waals surface area contributed by atoms with E-state index in [4.69, 9.17) is 0 Å². The minimum absolute atomic E-state index is 0.742. The second-order valence-electron chi connectivity index (χ2n) is 4.07. The van der Waals surface area contributed by atoms with Gasteiger partial charge >= 0.3 is 0 Å². The first-order chi connectivity index (χ1) is 5.59. The average molecular weight is 232 g/mol. The van der Waals surface area contributed by atoms with Gasteiger partial charge in [-0.3, -0.25) is 0 Å². The maximum absolute atomic E-state index is 3.79. The summed E-state index contributed by atoms with van der Waals surface area (Å²) >= 11 is 3.34. The minimum atomic E-state index is 0.742. The molecule has 1 aliphatic carbocycles. The lowest BCUT2D eigenvalue weighted by Gasteiger charge is -2.38. The van der Waals surface area contributed by atoms with Crippen LogP contribution >= 0.6 is 15.9 Å². The van der Waals surface area contributed by atoms with Crippen molar-refractivity contribution in [3.63, 3.8) is 0 Å². The zero-order valence-corrected chi connectivity index (χ0v) is 9.52. The summed E-state index contributed by atoms with van der Waals surface area (Å²) in [6, 6.07) is 0.742. The Kier molecular flexibility index (Phi) is 3.78. The van der Waals surface area contributed by atoms with Crippen molar-refractivity contribution in [2.45, 2.75) is 32.7 Å². The molecule has 0 heterocycles. The predicted octanol–water partition coefficient (Wildman–Crippen LogP) is 2.92. The molecule has 0 radical (unpaired) electrons. The average Bonchev–Trinajstić information content (AvgIpc) is 1.82. The molecule has 1 N–H and O–H groups in total. The summed E-state index contributed by atoms with van der Waals surface area (Å²) in [6.07, 6.45) is 2.69. The van der Waals surface area contributed by atoms with Gasteiger partial charge in [0.2, 0.25) is 0 Å². The van der Waals surface area contributed by atoms with Crippen LogP contribution in [0.4, 0.5) is 0 Å². The first kappa shape index (κ1) is 10.3. The molecular formula is C10H18BrN. The third-order valence-electron chi connectivity index (χ3n) is 2.70. The van der Waals surface area contributed by atoms with Gasteiger partial charge in [-0.25, -0.2) is 0 Å². The van der Waals surface area contributed by atoms with Gasteiger partial charge in [-0.2, -0.15) is 0 Å². The van der Waals surface area contributed by atoms with Crippen LogP contribution in [0.25, 0.3) is 0 Å². The topological polar surface area (TPSA) is 12.0 Å². The van der Waals surface area contributed by atoms with E-state index in [1.165, 1.54) is 12.8 Å². The van der Waals surface area contributed by atoms with Crippen molar-refractivity contribution in [1.82, 2.24) is 5.32 Å². The Balaban J connectivity index is 2.06. The number of nitrogens with one attached hydrogen (secondary N) is 1. The zero-order valence-electron chi connectivity index (χ0n) is 7.94. The Morgan fingerprint density at radius 1 is 1.58 bits per heavy atom. The number of rotatable bonds is 4. The highest BCUT2D eigenvalue weighted by molar-refractivity contribution is 9.11. The third-order valence-corrected chi connectivity index (χ3v) is 2.98. The molecule has 12 heavy (non-hydrogen) atoms. The van der Waals surface area contributed by atoms with Crippen LogP contribution in [0.2, 0.25) is 0 Å². The van der Waals surface area contributed by atoms with Crippen molar-refractivity contribution < 1.29 is 0 Å². The van der Waals surface area contributed by atoms with Gasteiger partial charge in [0.15, 0.2) is 0 Å². The fourth-order valence-corrected chi connectivity index (χ4v) is 1.79. The lowest BCUT2D eigenvalue weighted by Crippen LogP contribution is -2.43. The fraction of sp³-hybridized carbons (Fsp3) is 0.800. The van der Waals surface area contributed by atoms with Crippen LogP contribution in [0.3, 0.4) is 0 Å². The molecule has 1 rings (SSSR count). The van der Waals surface area contributed by atoms with Gasteiger partial charge in [0, 0.05) is 17.1 Å². The summed E-state index contributed by atoms with van der Waals surface area (Å²) in [5.74, 6) is 1.81. The minimum Gasteiger partial charge on any atom is -0.309 e. The van der Waals surface area contributed by atoms with Crippen LogP contribution in [0.5, 0.6) is 0 Å². The molecule has 0 aromatic rings. The van der Waals surface area contributed by atoms with E-state index in [0.717, 1.165) is 28.9 Å². The summed E-state index contributed by atoms with van der Waals surface area (Å²) in [5, 5.41) is 3.46. The predicted molar refractivity (Wildman–Crippen MR) is 57.4 cm³/mol. The molecule has 70 valence electrons. The molecule has 1 fully saturated rings. The fourth-order valence-electron chi connectivity index (χ4n) is 1.63. The van der Waals surface area contributed by atoms with Crippen molar-refractivity contribution in [2.24, 2.45) is 11.8 Å². The van der Waals surface area contributed by atoms with Crippen molar-refractivity contribution in [1.29, 1.82) is 0 Å². The maximum atomic E-state index is 3.79. The van der Waals surface area contributed by atoms with E-state index in [1.54, 1.807) is 0 Å². The van der Waals surface area contributed by atoms with Gasteiger partial charge in [0.25, 0.3) is 0 Å². The summed E-state index contributed by atoms with van der Waals surface area (Å²) in [5.41, 5.74) is 0. The normalized spacial score (nSPS) is 28.7. The summed E-state index contributed by atoms with van der Waals surface area (Å²) in [6.45, 7) is 9.33. The third kappa shape index (κ3) is 2.91. The van der Waals surface area contributed by atoms with E-state index in [9.17, 15) is 0 Å². The highest BCUT2D eigenvalue weighted by Gasteiger charge is 2.30. The molecule has 0 atom stereocenters. The van der Waals surface area contributed by atoms with Crippen molar-refractivity contribution >= 4 is 15.9 Å². The summed E-state index contributed by atoms with van der Waals surface area (Å²) < 4.78 is 1.05. The van der Waals surface area contributed by atoms with Gasteiger partial charge in [0.1, 0.15) is 0 Å². The molecule has 0 spiro atoms. The first-order valence-electron chi connectivity index (χ1n) is 4.66. The van der Waals surface area contributed by atoms with Crippen molar-refractivity contribution in [3.05, 3.63) is 11.1 Å². The Bertz CT molecular complexity index is 159. The highest BCUT2D eigenvalue weighted by atomic mass is 79.9. The van der Waals surface area contributed by atoms with Crippen LogP contribution in [0.1, 0.15) is 26.7 Å². The molecule has 0 amide bonds. The van der Waals surface area contributed by atoms with Crippen molar-refractivity contribution in [3.8, 4) is 0 Å². The number of hydrogen-bond acceptors (Lipinski definition) is 1. The molecule has 1 saturated carbocycles. The monoisotopic (exact) mass is 231 g/mol. The lowest BCUT2D eigenvalue weighted by atomic mass is 9.74. The van der Waals surface area contributed by atoms with Crippen LogP contribution in [-0.2, 0) is 0 Å². The highest BCUT2D eigenvalue weighted by Crippen LogP contribution is 2.33. The second kappa shape index (κ2) is 4.43. The van der Waals surface area contributed by atoms with Gasteiger partial charge in [-0.1, -0.05) is 36.4 Å². The Hall–Kier alpha value is 0.180. The summed E-state index contributed by atoms with van der Waals surface area (Å²) in [4.78, 5) is 0. The zero-order chi connectivity index (χ0) is 9.14. The van der Waals surface area contributed by atoms with Crippen LogP contribution in [0.15, 0.2) is 11.1 Å². The Labute approximate surface area is 83.7 Å². The van der Waals surface area contributed by atoms with E-state index < -0.39 is 0 Å². The van der Waals surface area contributed by atoms with Gasteiger partial charge < -0.3 is 5.32 Å². The Morgan fingerprint density at radius 2 is 2.17 bits per heavy atom. The molecule has 0 unspecified atom stereocenters. The molecule has 0 aromatic carbocycles. The van der Waals surface area contributed by atoms with Gasteiger partial charge in [0.05, 0.1) is 0 Å². The maximum Gasteiger partial charge on any atom is 0.0268 e. The molecular weight excluding hydrogens is 214 g/mol. The quantitative estimate of drug-likeness (QED) is 0.785. The van der Waals surface area contributed by atoms with E-state index in [2.05, 4.69) is 41.7 Å². The SMILES string of the molecule is C=C(Br)CNC1CC(C(C)C)C1. The molecule has 1 aliphatic rings. The van der Waals surface area contributed by atoms with E-state index in [1.807, 2.05) is 0 Å². The standard InChI is InChI=1S/C10H18BrN/c1-7(2)9-4-10(5-9)12-6-8(3)11/h7,9-10,12H,3-6H2,1-2H3. The molecule has 0 aliphatic heterocycles. The largest absolute Gasteiger partial charge is 0.309 e. The lowest BCUT2D eigenvalue weighted by molar-refractivity contribution is 0.172. The second-order valence-corrected chi connectivity index (χ2v) is 5.19. The Morgan fingerprint density at radius 3 is 2.58 bits per heavy atom. The van der Waals surface area contributed by atoms with Gasteiger partial charge in [-0.05, 0) is 24.7 Å². The molecule has 2 heteroatoms. The van der Waals surface area contributed by atoms with Crippen LogP contribution in [0, 0.1) is 11.8 Å². The smallest absolute Gasteiger partial charge is 0.0268 e. The molecule has 0 aromatic heterocycles. The van der Waals surface area contributed by atoms with Crippen LogP contribution < -0.4 is 5.32 Å². The number of hydrogen-bond donors (Lipinski definition) is 1. The van der Waals surface area contributed by atoms with Crippen molar-refractivity contribution in [2.75, 3.05) is 6.54 Å². The summed E-state index contributed by atoms with van der Waals surface area (Å²) in [7, 11) is 0. The molecule has 0 saturated heterocycles. The van der Waals surface area contributed by atoms with Crippen LogP contribution in [-0.4, -0.2) is 12.6 Å². The van der Waals surface area contributed by atoms with E-state index in [-0.39, 0.29) is 0 Å². The van der Waals surface area contributed by atoms with E-state index in [0.29, 0.717) is 0 Å². The molecule has 1 nitrogen and oxygen atoms in total. The van der Waals surface area contributed by atoms with Gasteiger partial charge in [-0.15, -0.1) is 0 Å². The number of halogens is 1. The molecule has 0 bridgehead atoms. The first-order valence-corrected chi connectivity index (χ1v) is 5.45. The van der Waals surface area contributed by atoms with E-state index >= 15 is 0 Å².